The molecule has 0 aromatic carbocycles. The standard InChI is InChI=1S/C8H19NOS/c1-4-6-9-8(5-2)7-11(3)10/h8-9H,4-7H2,1-3H3. The van der Waals surface area contributed by atoms with Gasteiger partial charge in [-0.05, 0) is 19.4 Å². The minimum Gasteiger partial charge on any atom is -0.313 e. The second-order valence-corrected chi connectivity index (χ2v) is 4.28. The fourth-order valence-corrected chi connectivity index (χ4v) is 1.87. The highest BCUT2D eigenvalue weighted by Gasteiger charge is 2.05. The fourth-order valence-electron chi connectivity index (χ4n) is 0.953. The van der Waals surface area contributed by atoms with Gasteiger partial charge in [0.05, 0.1) is 0 Å². The molecule has 0 bridgehead atoms. The molecule has 11 heavy (non-hydrogen) atoms. The average Bonchev–Trinajstić information content (AvgIpc) is 1.97. The van der Waals surface area contributed by atoms with E-state index in [0.29, 0.717) is 6.04 Å². The van der Waals surface area contributed by atoms with Gasteiger partial charge in [-0.3, -0.25) is 4.21 Å². The van der Waals surface area contributed by atoms with E-state index < -0.39 is 10.8 Å². The van der Waals surface area contributed by atoms with Crippen LogP contribution in [0.2, 0.25) is 0 Å². The van der Waals surface area contributed by atoms with Gasteiger partial charge in [0.1, 0.15) is 0 Å². The predicted octanol–water partition coefficient (Wildman–Crippen LogP) is 1.14. The van der Waals surface area contributed by atoms with Gasteiger partial charge in [0, 0.05) is 28.9 Å². The van der Waals surface area contributed by atoms with Gasteiger partial charge in [0.25, 0.3) is 0 Å². The third kappa shape index (κ3) is 6.51. The van der Waals surface area contributed by atoms with Crippen LogP contribution in [-0.4, -0.2) is 28.8 Å². The highest BCUT2D eigenvalue weighted by molar-refractivity contribution is 7.84. The van der Waals surface area contributed by atoms with Gasteiger partial charge in [0.2, 0.25) is 0 Å². The first-order valence-corrected chi connectivity index (χ1v) is 5.96. The first kappa shape index (κ1) is 11.1. The lowest BCUT2D eigenvalue weighted by Gasteiger charge is -2.14. The van der Waals surface area contributed by atoms with E-state index in [2.05, 4.69) is 19.2 Å². The number of nitrogens with one attached hydrogen (secondary N) is 1. The highest BCUT2D eigenvalue weighted by atomic mass is 32.2. The summed E-state index contributed by atoms with van der Waals surface area (Å²) in [5.41, 5.74) is 0. The molecule has 2 nitrogen and oxygen atoms in total. The Morgan fingerprint density at radius 2 is 2.09 bits per heavy atom. The molecule has 0 aromatic heterocycles. The normalized spacial score (nSPS) is 16.3. The molecule has 0 fully saturated rings. The molecule has 0 aliphatic carbocycles. The summed E-state index contributed by atoms with van der Waals surface area (Å²) in [5.74, 6) is 0.788. The molecule has 0 aliphatic heterocycles. The van der Waals surface area contributed by atoms with Crippen molar-refractivity contribution in [2.45, 2.75) is 32.7 Å². The second kappa shape index (κ2) is 6.80. The van der Waals surface area contributed by atoms with Crippen molar-refractivity contribution < 1.29 is 4.21 Å². The summed E-state index contributed by atoms with van der Waals surface area (Å²) in [6, 6.07) is 0.445. The number of hydrogen-bond acceptors (Lipinski definition) is 2. The van der Waals surface area contributed by atoms with E-state index in [1.165, 1.54) is 0 Å². The van der Waals surface area contributed by atoms with Crippen molar-refractivity contribution in [2.75, 3.05) is 18.6 Å². The fraction of sp³-hybridized carbons (Fsp3) is 1.00. The minimum absolute atomic E-state index is 0.445. The van der Waals surface area contributed by atoms with Crippen molar-refractivity contribution in [1.82, 2.24) is 5.32 Å². The zero-order chi connectivity index (χ0) is 8.69. The summed E-state index contributed by atoms with van der Waals surface area (Å²) in [4.78, 5) is 0. The molecule has 0 spiro atoms. The van der Waals surface area contributed by atoms with Crippen LogP contribution < -0.4 is 5.32 Å². The van der Waals surface area contributed by atoms with Crippen molar-refractivity contribution in [1.29, 1.82) is 0 Å². The Labute approximate surface area is 72.2 Å². The minimum atomic E-state index is -0.661. The van der Waals surface area contributed by atoms with Crippen LogP contribution in [0.25, 0.3) is 0 Å². The highest BCUT2D eigenvalue weighted by Crippen LogP contribution is 1.93. The zero-order valence-electron chi connectivity index (χ0n) is 7.72. The summed E-state index contributed by atoms with van der Waals surface area (Å²) in [5, 5.41) is 3.36. The van der Waals surface area contributed by atoms with Gasteiger partial charge >= 0.3 is 0 Å². The van der Waals surface area contributed by atoms with E-state index in [-0.39, 0.29) is 0 Å². The summed E-state index contributed by atoms with van der Waals surface area (Å²) < 4.78 is 10.8. The molecule has 1 N–H and O–H groups in total. The number of rotatable bonds is 6. The topological polar surface area (TPSA) is 29.1 Å². The van der Waals surface area contributed by atoms with E-state index in [1.807, 2.05) is 0 Å². The lowest BCUT2D eigenvalue weighted by molar-refractivity contribution is 0.534. The molecule has 0 saturated carbocycles. The van der Waals surface area contributed by atoms with Gasteiger partial charge < -0.3 is 5.32 Å². The van der Waals surface area contributed by atoms with E-state index >= 15 is 0 Å². The Balaban J connectivity index is 3.49. The lowest BCUT2D eigenvalue weighted by atomic mass is 10.2. The largest absolute Gasteiger partial charge is 0.313 e. The van der Waals surface area contributed by atoms with Crippen LogP contribution in [0.1, 0.15) is 26.7 Å². The van der Waals surface area contributed by atoms with Crippen molar-refractivity contribution in [3.63, 3.8) is 0 Å². The lowest BCUT2D eigenvalue weighted by Crippen LogP contribution is -2.33. The Kier molecular flexibility index (Phi) is 6.87. The van der Waals surface area contributed by atoms with E-state index in [9.17, 15) is 4.21 Å². The molecule has 2 unspecified atom stereocenters. The SMILES string of the molecule is CCCNC(CC)CS(C)=O. The number of hydrogen-bond donors (Lipinski definition) is 1. The van der Waals surface area contributed by atoms with E-state index in [0.717, 1.165) is 25.1 Å². The maximum atomic E-state index is 10.8. The van der Waals surface area contributed by atoms with Crippen molar-refractivity contribution in [3.8, 4) is 0 Å². The molecule has 0 saturated heterocycles. The average molecular weight is 177 g/mol. The molecular formula is C8H19NOS. The Morgan fingerprint density at radius 3 is 2.45 bits per heavy atom. The summed E-state index contributed by atoms with van der Waals surface area (Å²) in [6.45, 7) is 5.30. The van der Waals surface area contributed by atoms with E-state index in [4.69, 9.17) is 0 Å². The molecule has 68 valence electrons. The van der Waals surface area contributed by atoms with Crippen LogP contribution in [0.5, 0.6) is 0 Å². The van der Waals surface area contributed by atoms with Crippen LogP contribution in [0.15, 0.2) is 0 Å². The van der Waals surface area contributed by atoms with E-state index in [1.54, 1.807) is 6.26 Å². The Bertz CT molecular complexity index is 117. The maximum absolute atomic E-state index is 10.8. The third-order valence-electron chi connectivity index (χ3n) is 1.61. The molecule has 0 amide bonds. The molecule has 0 aromatic rings. The molecule has 2 atom stereocenters. The predicted molar refractivity (Wildman–Crippen MR) is 51.3 cm³/mol. The van der Waals surface area contributed by atoms with Gasteiger partial charge in [0.15, 0.2) is 0 Å². The first-order valence-electron chi connectivity index (χ1n) is 4.24. The quantitative estimate of drug-likeness (QED) is 0.659. The van der Waals surface area contributed by atoms with Crippen molar-refractivity contribution in [3.05, 3.63) is 0 Å². The molecule has 0 radical (unpaired) electrons. The summed E-state index contributed by atoms with van der Waals surface area (Å²) in [6.07, 6.45) is 3.97. The Hall–Kier alpha value is 0.110. The molecule has 0 heterocycles. The van der Waals surface area contributed by atoms with Crippen LogP contribution in [0, 0.1) is 0 Å². The zero-order valence-corrected chi connectivity index (χ0v) is 8.54. The summed E-state index contributed by atoms with van der Waals surface area (Å²) >= 11 is 0. The molecule has 3 heteroatoms. The first-order chi connectivity index (χ1) is 5.20. The summed E-state index contributed by atoms with van der Waals surface area (Å²) in [7, 11) is -0.661. The Morgan fingerprint density at radius 1 is 1.45 bits per heavy atom. The van der Waals surface area contributed by atoms with Gasteiger partial charge in [-0.25, -0.2) is 0 Å². The van der Waals surface area contributed by atoms with Crippen LogP contribution in [0.3, 0.4) is 0 Å². The van der Waals surface area contributed by atoms with Gasteiger partial charge in [-0.1, -0.05) is 13.8 Å². The molecule has 0 rings (SSSR count). The van der Waals surface area contributed by atoms with Crippen molar-refractivity contribution >= 4 is 10.8 Å². The maximum Gasteiger partial charge on any atom is 0.0385 e. The smallest absolute Gasteiger partial charge is 0.0385 e. The second-order valence-electron chi connectivity index (χ2n) is 2.80. The van der Waals surface area contributed by atoms with Gasteiger partial charge in [-0.2, -0.15) is 0 Å². The van der Waals surface area contributed by atoms with Gasteiger partial charge in [-0.15, -0.1) is 0 Å². The molecule has 0 aliphatic rings. The van der Waals surface area contributed by atoms with Crippen LogP contribution >= 0.6 is 0 Å². The van der Waals surface area contributed by atoms with Crippen molar-refractivity contribution in [2.24, 2.45) is 0 Å². The third-order valence-corrected chi connectivity index (χ3v) is 2.48. The monoisotopic (exact) mass is 177 g/mol. The van der Waals surface area contributed by atoms with Crippen LogP contribution in [-0.2, 0) is 10.8 Å². The molecular weight excluding hydrogens is 158 g/mol. The van der Waals surface area contributed by atoms with Crippen LogP contribution in [0.4, 0.5) is 0 Å².